The van der Waals surface area contributed by atoms with Gasteiger partial charge in [-0.1, -0.05) is 115 Å². The molecule has 0 amide bonds. The third-order valence-corrected chi connectivity index (χ3v) is 11.5. The van der Waals surface area contributed by atoms with Crippen LogP contribution in [0.1, 0.15) is 27.8 Å². The van der Waals surface area contributed by atoms with Gasteiger partial charge in [0, 0.05) is 34.5 Å². The average molecular weight is 700 g/mol. The van der Waals surface area contributed by atoms with E-state index in [9.17, 15) is 5.26 Å². The van der Waals surface area contributed by atoms with E-state index in [1.165, 1.54) is 33.4 Å². The Labute approximate surface area is 318 Å². The second kappa shape index (κ2) is 11.6. The van der Waals surface area contributed by atoms with Crippen molar-refractivity contribution >= 4 is 44.6 Å². The molecule has 0 saturated carbocycles. The van der Waals surface area contributed by atoms with Crippen LogP contribution in [0.4, 0.5) is 22.7 Å². The van der Waals surface area contributed by atoms with Gasteiger partial charge in [-0.25, -0.2) is 4.85 Å². The standard InChI is InChI=1S/C50H29N5/c1-52-45-23-22-32(30-51)26-39(45)33-27-34(54-46-19-9-4-14-38(46)40-31-53-25-24-47(40)54)29-35(28-33)55-48-20-10-7-17-43(48)50(44-18-8-11-21-49(44)55)41-15-5-2-12-36(41)37-13-3-6-16-42(37)50/h2-29,31H. The molecule has 0 bridgehead atoms. The van der Waals surface area contributed by atoms with Gasteiger partial charge in [0.15, 0.2) is 5.69 Å². The first-order valence-corrected chi connectivity index (χ1v) is 18.3. The first-order chi connectivity index (χ1) is 27.2. The van der Waals surface area contributed by atoms with Gasteiger partial charge in [-0.05, 0) is 93.0 Å². The van der Waals surface area contributed by atoms with E-state index in [0.29, 0.717) is 16.8 Å². The molecule has 0 fully saturated rings. The molecule has 0 radical (unpaired) electrons. The van der Waals surface area contributed by atoms with Crippen LogP contribution in [0.25, 0.3) is 54.6 Å². The lowest BCUT2D eigenvalue weighted by Gasteiger charge is -2.45. The molecule has 254 valence electrons. The molecule has 1 aliphatic carbocycles. The fourth-order valence-corrected chi connectivity index (χ4v) is 9.38. The number of nitriles is 1. The van der Waals surface area contributed by atoms with Crippen molar-refractivity contribution in [1.29, 1.82) is 5.26 Å². The molecule has 9 aromatic rings. The number of fused-ring (bicyclic) bond motifs is 12. The first kappa shape index (κ1) is 30.9. The number of aromatic nitrogens is 2. The maximum atomic E-state index is 9.99. The van der Waals surface area contributed by atoms with E-state index in [2.05, 4.69) is 171 Å². The molecule has 1 aliphatic heterocycles. The molecule has 0 unspecified atom stereocenters. The van der Waals surface area contributed by atoms with Crippen LogP contribution in [-0.2, 0) is 5.41 Å². The highest BCUT2D eigenvalue weighted by Crippen LogP contribution is 2.63. The molecule has 3 heterocycles. The third-order valence-electron chi connectivity index (χ3n) is 11.5. The minimum atomic E-state index is -0.532. The number of hydrogen-bond donors (Lipinski definition) is 0. The highest BCUT2D eigenvalue weighted by molar-refractivity contribution is 6.09. The number of rotatable bonds is 3. The molecule has 0 saturated heterocycles. The first-order valence-electron chi connectivity index (χ1n) is 18.3. The van der Waals surface area contributed by atoms with Gasteiger partial charge in [0.05, 0.1) is 46.0 Å². The predicted octanol–water partition coefficient (Wildman–Crippen LogP) is 12.4. The summed E-state index contributed by atoms with van der Waals surface area (Å²) < 4.78 is 2.29. The van der Waals surface area contributed by atoms with Crippen molar-refractivity contribution in [3.63, 3.8) is 0 Å². The fraction of sp³-hybridized carbons (Fsp3) is 0.0200. The third kappa shape index (κ3) is 4.18. The normalized spacial score (nSPS) is 13.2. The van der Waals surface area contributed by atoms with Gasteiger partial charge < -0.3 is 9.47 Å². The molecular formula is C50H29N5. The maximum Gasteiger partial charge on any atom is 0.194 e. The van der Waals surface area contributed by atoms with Crippen LogP contribution in [0.2, 0.25) is 0 Å². The average Bonchev–Trinajstić information content (AvgIpc) is 3.75. The zero-order chi connectivity index (χ0) is 36.7. The van der Waals surface area contributed by atoms with E-state index in [1.54, 1.807) is 12.1 Å². The zero-order valence-corrected chi connectivity index (χ0v) is 29.5. The fourth-order valence-electron chi connectivity index (χ4n) is 9.38. The zero-order valence-electron chi connectivity index (χ0n) is 29.5. The second-order valence-electron chi connectivity index (χ2n) is 14.1. The quantitative estimate of drug-likeness (QED) is 0.173. The molecule has 0 atom stereocenters. The van der Waals surface area contributed by atoms with Crippen LogP contribution in [-0.4, -0.2) is 9.55 Å². The summed E-state index contributed by atoms with van der Waals surface area (Å²) in [6, 6.07) is 59.9. The Hall–Kier alpha value is -7.73. The molecule has 1 spiro atoms. The van der Waals surface area contributed by atoms with E-state index in [4.69, 9.17) is 6.57 Å². The highest BCUT2D eigenvalue weighted by atomic mass is 15.2. The SMILES string of the molecule is [C-]#[N+]c1ccc(C#N)cc1-c1cc(N2c3ccccc3C3(c4ccccc4-c4ccccc43)c3ccccc32)cc(-n2c3ccccc3c3cnccc32)c1. The summed E-state index contributed by atoms with van der Waals surface area (Å²) in [5.41, 5.74) is 15.6. The van der Waals surface area contributed by atoms with Crippen molar-refractivity contribution in [2.45, 2.75) is 5.41 Å². The van der Waals surface area contributed by atoms with Gasteiger partial charge in [0.1, 0.15) is 0 Å². The van der Waals surface area contributed by atoms with Crippen LogP contribution < -0.4 is 4.90 Å². The van der Waals surface area contributed by atoms with Crippen LogP contribution >= 0.6 is 0 Å². The molecule has 5 heteroatoms. The molecule has 2 aliphatic rings. The molecule has 5 nitrogen and oxygen atoms in total. The summed E-state index contributed by atoms with van der Waals surface area (Å²) in [5.74, 6) is 0. The van der Waals surface area contributed by atoms with Gasteiger partial charge in [-0.15, -0.1) is 0 Å². The molecule has 11 rings (SSSR count). The van der Waals surface area contributed by atoms with Crippen LogP contribution in [0.5, 0.6) is 0 Å². The van der Waals surface area contributed by atoms with E-state index >= 15 is 0 Å². The largest absolute Gasteiger partial charge is 0.310 e. The summed E-state index contributed by atoms with van der Waals surface area (Å²) in [6.45, 7) is 8.14. The predicted molar refractivity (Wildman–Crippen MR) is 221 cm³/mol. The molecule has 7 aromatic carbocycles. The van der Waals surface area contributed by atoms with Crippen LogP contribution in [0, 0.1) is 17.9 Å². The summed E-state index contributed by atoms with van der Waals surface area (Å²) >= 11 is 0. The summed E-state index contributed by atoms with van der Waals surface area (Å²) in [5, 5.41) is 12.2. The van der Waals surface area contributed by atoms with Crippen molar-refractivity contribution in [2.75, 3.05) is 4.90 Å². The van der Waals surface area contributed by atoms with Crippen molar-refractivity contribution in [2.24, 2.45) is 0 Å². The Morgan fingerprint density at radius 2 is 1.16 bits per heavy atom. The van der Waals surface area contributed by atoms with Gasteiger partial charge >= 0.3 is 0 Å². The molecule has 2 aromatic heterocycles. The number of anilines is 3. The van der Waals surface area contributed by atoms with Crippen LogP contribution in [0.3, 0.4) is 0 Å². The number of nitrogens with zero attached hydrogens (tertiary/aromatic N) is 5. The van der Waals surface area contributed by atoms with Gasteiger partial charge in [0.2, 0.25) is 0 Å². The summed E-state index contributed by atoms with van der Waals surface area (Å²) in [6.07, 6.45) is 3.77. The molecule has 0 N–H and O–H groups in total. The number of pyridine rings is 1. The van der Waals surface area contributed by atoms with Crippen molar-refractivity contribution in [1.82, 2.24) is 9.55 Å². The molecular weight excluding hydrogens is 671 g/mol. The second-order valence-corrected chi connectivity index (χ2v) is 14.1. The van der Waals surface area contributed by atoms with E-state index < -0.39 is 5.41 Å². The van der Waals surface area contributed by atoms with E-state index in [0.717, 1.165) is 50.1 Å². The summed E-state index contributed by atoms with van der Waals surface area (Å²) in [4.78, 5) is 10.8. The maximum absolute atomic E-state index is 9.99. The Morgan fingerprint density at radius 3 is 1.85 bits per heavy atom. The number of para-hydroxylation sites is 3. The highest BCUT2D eigenvalue weighted by Gasteiger charge is 2.51. The van der Waals surface area contributed by atoms with E-state index in [1.807, 2.05) is 18.5 Å². The van der Waals surface area contributed by atoms with E-state index in [-0.39, 0.29) is 0 Å². The lowest BCUT2D eigenvalue weighted by atomic mass is 9.64. The number of benzene rings is 7. The Kier molecular flexibility index (Phi) is 6.53. The Bertz CT molecular complexity index is 3010. The Morgan fingerprint density at radius 1 is 0.564 bits per heavy atom. The summed E-state index contributed by atoms with van der Waals surface area (Å²) in [7, 11) is 0. The topological polar surface area (TPSA) is 49.2 Å². The number of hydrogen-bond acceptors (Lipinski definition) is 3. The lowest BCUT2D eigenvalue weighted by Crippen LogP contribution is -2.36. The van der Waals surface area contributed by atoms with Gasteiger partial charge in [-0.2, -0.15) is 5.26 Å². The van der Waals surface area contributed by atoms with Crippen molar-refractivity contribution < 1.29 is 0 Å². The van der Waals surface area contributed by atoms with Gasteiger partial charge in [0.25, 0.3) is 0 Å². The van der Waals surface area contributed by atoms with Crippen molar-refractivity contribution in [3.05, 3.63) is 215 Å². The van der Waals surface area contributed by atoms with Crippen molar-refractivity contribution in [3.8, 4) is 34.0 Å². The minimum absolute atomic E-state index is 0.492. The monoisotopic (exact) mass is 699 g/mol. The molecule has 55 heavy (non-hydrogen) atoms. The van der Waals surface area contributed by atoms with Gasteiger partial charge in [-0.3, -0.25) is 4.98 Å². The smallest absolute Gasteiger partial charge is 0.194 e. The minimum Gasteiger partial charge on any atom is -0.310 e. The lowest BCUT2D eigenvalue weighted by molar-refractivity contribution is 0.752. The Balaban J connectivity index is 1.25. The van der Waals surface area contributed by atoms with Crippen LogP contribution in [0.15, 0.2) is 176 Å².